The van der Waals surface area contributed by atoms with Crippen molar-refractivity contribution in [3.63, 3.8) is 0 Å². The molecule has 0 spiro atoms. The molecule has 29 heavy (non-hydrogen) atoms. The lowest BCUT2D eigenvalue weighted by atomic mass is 10.1. The smallest absolute Gasteiger partial charge is 0.331 e. The number of hydrogen-bond donors (Lipinski definition) is 1. The molecule has 0 aliphatic carbocycles. The molecule has 146 valence electrons. The van der Waals surface area contributed by atoms with Crippen LogP contribution in [0.4, 0.5) is 11.4 Å². The van der Waals surface area contributed by atoms with Crippen LogP contribution in [0.3, 0.4) is 0 Å². The molecule has 1 N–H and O–H groups in total. The zero-order valence-corrected chi connectivity index (χ0v) is 15.9. The van der Waals surface area contributed by atoms with Crippen LogP contribution in [0.5, 0.6) is 17.2 Å². The summed E-state index contributed by atoms with van der Waals surface area (Å²) in [5.74, 6) is 1.05. The van der Waals surface area contributed by atoms with E-state index in [0.717, 1.165) is 11.3 Å². The second kappa shape index (κ2) is 8.06. The summed E-state index contributed by atoms with van der Waals surface area (Å²) in [5, 5.41) is 2.88. The van der Waals surface area contributed by atoms with Crippen LogP contribution >= 0.6 is 0 Å². The van der Waals surface area contributed by atoms with Crippen molar-refractivity contribution in [1.82, 2.24) is 0 Å². The van der Waals surface area contributed by atoms with E-state index in [0.29, 0.717) is 22.9 Å². The van der Waals surface area contributed by atoms with E-state index < -0.39 is 0 Å². The summed E-state index contributed by atoms with van der Waals surface area (Å²) in [6.45, 7) is 1.96. The third-order valence-electron chi connectivity index (χ3n) is 4.47. The Morgan fingerprint density at radius 1 is 1.07 bits per heavy atom. The van der Waals surface area contributed by atoms with Gasteiger partial charge in [0.2, 0.25) is 5.91 Å². The first-order valence-electron chi connectivity index (χ1n) is 9.26. The maximum Gasteiger partial charge on any atom is 0.331 e. The summed E-state index contributed by atoms with van der Waals surface area (Å²) in [6, 6.07) is 22.2. The number of aryl methyl sites for hydroxylation is 1. The van der Waals surface area contributed by atoms with Gasteiger partial charge in [-0.25, -0.2) is 4.79 Å². The number of anilines is 2. The fourth-order valence-corrected chi connectivity index (χ4v) is 3.14. The number of carbonyl (C=O) groups is 2. The second-order valence-corrected chi connectivity index (χ2v) is 6.76. The lowest BCUT2D eigenvalue weighted by Gasteiger charge is -2.29. The molecule has 0 bridgehead atoms. The summed E-state index contributed by atoms with van der Waals surface area (Å²) < 4.78 is 11.2. The normalized spacial score (nSPS) is 12.7. The highest BCUT2D eigenvalue weighted by molar-refractivity contribution is 5.97. The summed E-state index contributed by atoms with van der Waals surface area (Å²) in [7, 11) is 0. The number of ether oxygens (including phenoxy) is 2. The van der Waals surface area contributed by atoms with Gasteiger partial charge in [0.15, 0.2) is 11.5 Å². The number of amides is 1. The van der Waals surface area contributed by atoms with Crippen LogP contribution in [-0.4, -0.2) is 25.0 Å². The first-order chi connectivity index (χ1) is 14.1. The number of nitrogens with one attached hydrogen (secondary N) is 1. The van der Waals surface area contributed by atoms with Crippen LogP contribution in [0.1, 0.15) is 5.56 Å². The Balaban J connectivity index is 1.49. The van der Waals surface area contributed by atoms with Crippen LogP contribution in [-0.2, 0) is 9.59 Å². The van der Waals surface area contributed by atoms with E-state index in [1.165, 1.54) is 0 Å². The van der Waals surface area contributed by atoms with Gasteiger partial charge in [-0.2, -0.15) is 0 Å². The van der Waals surface area contributed by atoms with Crippen molar-refractivity contribution in [3.05, 3.63) is 78.4 Å². The molecule has 6 heteroatoms. The summed E-state index contributed by atoms with van der Waals surface area (Å²) in [4.78, 5) is 26.3. The Morgan fingerprint density at radius 3 is 2.66 bits per heavy atom. The Kier molecular flexibility index (Phi) is 5.16. The highest BCUT2D eigenvalue weighted by atomic mass is 16.5. The molecule has 0 saturated carbocycles. The van der Waals surface area contributed by atoms with Gasteiger partial charge in [-0.05, 0) is 48.9 Å². The molecule has 1 aliphatic heterocycles. The SMILES string of the molecule is Cc1ccc2c(c1)OC(=O)CN2CC(=O)Nc1ccccc1Oc1ccccc1. The number of hydrogen-bond acceptors (Lipinski definition) is 5. The molecule has 3 aromatic rings. The summed E-state index contributed by atoms with van der Waals surface area (Å²) >= 11 is 0. The van der Waals surface area contributed by atoms with Crippen molar-refractivity contribution >= 4 is 23.3 Å². The quantitative estimate of drug-likeness (QED) is 0.525. The maximum absolute atomic E-state index is 12.7. The highest BCUT2D eigenvalue weighted by Crippen LogP contribution is 2.33. The van der Waals surface area contributed by atoms with Gasteiger partial charge in [0.05, 0.1) is 17.9 Å². The molecule has 0 atom stereocenters. The zero-order valence-electron chi connectivity index (χ0n) is 15.9. The molecule has 0 saturated heterocycles. The van der Waals surface area contributed by atoms with Gasteiger partial charge in [0.1, 0.15) is 12.3 Å². The number of esters is 1. The van der Waals surface area contributed by atoms with Crippen molar-refractivity contribution in [1.29, 1.82) is 0 Å². The Morgan fingerprint density at radius 2 is 1.83 bits per heavy atom. The molecule has 0 fully saturated rings. The molecule has 1 aliphatic rings. The van der Waals surface area contributed by atoms with Gasteiger partial charge in [-0.15, -0.1) is 0 Å². The monoisotopic (exact) mass is 388 g/mol. The lowest BCUT2D eigenvalue weighted by Crippen LogP contribution is -2.41. The first-order valence-corrected chi connectivity index (χ1v) is 9.26. The van der Waals surface area contributed by atoms with Crippen LogP contribution in [0.25, 0.3) is 0 Å². The molecule has 0 radical (unpaired) electrons. The van der Waals surface area contributed by atoms with E-state index in [9.17, 15) is 9.59 Å². The largest absolute Gasteiger partial charge is 0.455 e. The van der Waals surface area contributed by atoms with Crippen LogP contribution in [0.15, 0.2) is 72.8 Å². The second-order valence-electron chi connectivity index (χ2n) is 6.76. The number of fused-ring (bicyclic) bond motifs is 1. The van der Waals surface area contributed by atoms with Crippen molar-refractivity contribution in [2.24, 2.45) is 0 Å². The summed E-state index contributed by atoms with van der Waals surface area (Å²) in [6.07, 6.45) is 0. The molecule has 3 aromatic carbocycles. The minimum Gasteiger partial charge on any atom is -0.455 e. The predicted molar refractivity (Wildman–Crippen MR) is 111 cm³/mol. The van der Waals surface area contributed by atoms with E-state index in [1.807, 2.05) is 61.5 Å². The van der Waals surface area contributed by atoms with Crippen LogP contribution in [0.2, 0.25) is 0 Å². The topological polar surface area (TPSA) is 67.9 Å². The molecule has 0 aromatic heterocycles. The third-order valence-corrected chi connectivity index (χ3v) is 4.47. The number of benzene rings is 3. The van der Waals surface area contributed by atoms with E-state index in [4.69, 9.17) is 9.47 Å². The van der Waals surface area contributed by atoms with Gasteiger partial charge >= 0.3 is 5.97 Å². The van der Waals surface area contributed by atoms with E-state index >= 15 is 0 Å². The van der Waals surface area contributed by atoms with E-state index in [-0.39, 0.29) is 25.0 Å². The molecule has 1 heterocycles. The average Bonchev–Trinajstić information content (AvgIpc) is 2.70. The van der Waals surface area contributed by atoms with Gasteiger partial charge in [0.25, 0.3) is 0 Å². The fraction of sp³-hybridized carbons (Fsp3) is 0.130. The number of nitrogens with zero attached hydrogens (tertiary/aromatic N) is 1. The van der Waals surface area contributed by atoms with Gasteiger partial charge in [0, 0.05) is 0 Å². The Bertz CT molecular complexity index is 1050. The Labute approximate surface area is 168 Å². The number of para-hydroxylation sites is 3. The molecule has 1 amide bonds. The molecule has 6 nitrogen and oxygen atoms in total. The minimum absolute atomic E-state index is 0.0187. The van der Waals surface area contributed by atoms with Crippen molar-refractivity contribution in [2.75, 3.05) is 23.3 Å². The first kappa shape index (κ1) is 18.6. The molecule has 0 unspecified atom stereocenters. The Hall–Kier alpha value is -3.80. The molecular weight excluding hydrogens is 368 g/mol. The van der Waals surface area contributed by atoms with E-state index in [1.54, 1.807) is 23.1 Å². The summed E-state index contributed by atoms with van der Waals surface area (Å²) in [5.41, 5.74) is 2.26. The van der Waals surface area contributed by atoms with Gasteiger partial charge in [-0.3, -0.25) is 4.79 Å². The lowest BCUT2D eigenvalue weighted by molar-refractivity contribution is -0.133. The fourth-order valence-electron chi connectivity index (χ4n) is 3.14. The minimum atomic E-state index is -0.385. The standard InChI is InChI=1S/C23H20N2O4/c1-16-11-12-19-21(13-16)29-23(27)15-25(19)14-22(26)24-18-9-5-6-10-20(18)28-17-7-3-2-4-8-17/h2-13H,14-15H2,1H3,(H,24,26). The average molecular weight is 388 g/mol. The van der Waals surface area contributed by atoms with Gasteiger partial charge in [-0.1, -0.05) is 36.4 Å². The third kappa shape index (κ3) is 4.38. The van der Waals surface area contributed by atoms with Crippen molar-refractivity contribution in [3.8, 4) is 17.2 Å². The predicted octanol–water partition coefficient (Wildman–Crippen LogP) is 4.15. The van der Waals surface area contributed by atoms with Gasteiger partial charge < -0.3 is 19.7 Å². The maximum atomic E-state index is 12.7. The van der Waals surface area contributed by atoms with Crippen LogP contribution < -0.4 is 19.7 Å². The van der Waals surface area contributed by atoms with Crippen LogP contribution in [0, 0.1) is 6.92 Å². The van der Waals surface area contributed by atoms with E-state index in [2.05, 4.69) is 5.32 Å². The molecule has 4 rings (SSSR count). The highest BCUT2D eigenvalue weighted by Gasteiger charge is 2.26. The molecular formula is C23H20N2O4. The number of carbonyl (C=O) groups excluding carboxylic acids is 2. The van der Waals surface area contributed by atoms with Crippen molar-refractivity contribution in [2.45, 2.75) is 6.92 Å². The number of rotatable bonds is 5. The van der Waals surface area contributed by atoms with Crippen molar-refractivity contribution < 1.29 is 19.1 Å². The zero-order chi connectivity index (χ0) is 20.2.